The minimum absolute atomic E-state index is 0.0501. The Labute approximate surface area is 136 Å². The number of benzene rings is 1. The highest BCUT2D eigenvalue weighted by molar-refractivity contribution is 14.1. The van der Waals surface area contributed by atoms with Crippen molar-refractivity contribution in [1.82, 2.24) is 4.90 Å². The molecule has 104 valence electrons. The lowest BCUT2D eigenvalue weighted by Gasteiger charge is -2.42. The van der Waals surface area contributed by atoms with Gasteiger partial charge in [0.1, 0.15) is 0 Å². The highest BCUT2D eigenvalue weighted by atomic mass is 127. The van der Waals surface area contributed by atoms with E-state index < -0.39 is 0 Å². The van der Waals surface area contributed by atoms with Crippen molar-refractivity contribution >= 4 is 44.4 Å². The molecule has 5 heteroatoms. The van der Waals surface area contributed by atoms with Crippen molar-refractivity contribution in [2.75, 3.05) is 18.4 Å². The summed E-state index contributed by atoms with van der Waals surface area (Å²) in [5.41, 5.74) is 0.473. The maximum atomic E-state index is 12.6. The second-order valence-corrected chi connectivity index (χ2v) is 7.13. The summed E-state index contributed by atoms with van der Waals surface area (Å²) >= 11 is 5.65. The number of rotatable bonds is 2. The van der Waals surface area contributed by atoms with Gasteiger partial charge in [-0.25, -0.2) is 0 Å². The van der Waals surface area contributed by atoms with Gasteiger partial charge in [0.2, 0.25) is 0 Å². The summed E-state index contributed by atoms with van der Waals surface area (Å²) in [6.07, 6.45) is 0.0501. The number of alkyl halides is 1. The Hall–Kier alpha value is -0.140. The summed E-state index contributed by atoms with van der Waals surface area (Å²) in [4.78, 5) is 14.5. The minimum Gasteiger partial charge on any atom is -0.368 e. The average molecular weight is 438 g/mol. The van der Waals surface area contributed by atoms with Gasteiger partial charge in [-0.05, 0) is 48.6 Å². The van der Waals surface area contributed by atoms with Crippen molar-refractivity contribution in [3.05, 3.63) is 33.4 Å². The van der Waals surface area contributed by atoms with Crippen LogP contribution in [0.2, 0.25) is 0 Å². The number of morpholine rings is 1. The second kappa shape index (κ2) is 6.10. The van der Waals surface area contributed by atoms with Gasteiger partial charge in [0.15, 0.2) is 0 Å². The van der Waals surface area contributed by atoms with Crippen LogP contribution >= 0.6 is 38.5 Å². The fourth-order valence-corrected chi connectivity index (χ4v) is 3.29. The van der Waals surface area contributed by atoms with Gasteiger partial charge < -0.3 is 9.64 Å². The predicted molar refractivity (Wildman–Crippen MR) is 87.8 cm³/mol. The number of halogens is 2. The van der Waals surface area contributed by atoms with Crippen LogP contribution in [0.3, 0.4) is 0 Å². The maximum absolute atomic E-state index is 12.6. The fraction of sp³-hybridized carbons (Fsp3) is 0.500. The van der Waals surface area contributed by atoms with Crippen molar-refractivity contribution in [3.8, 4) is 0 Å². The second-order valence-electron chi connectivity index (χ2n) is 5.32. The molecule has 0 bridgehead atoms. The van der Waals surface area contributed by atoms with Gasteiger partial charge in [-0.15, -0.1) is 0 Å². The Bertz CT molecular complexity index is 478. The van der Waals surface area contributed by atoms with E-state index in [2.05, 4.69) is 38.5 Å². The van der Waals surface area contributed by atoms with Gasteiger partial charge in [0.25, 0.3) is 5.91 Å². The molecule has 1 amide bonds. The first-order valence-electron chi connectivity index (χ1n) is 6.20. The van der Waals surface area contributed by atoms with E-state index in [0.29, 0.717) is 13.1 Å². The SMILES string of the molecule is CC1(C)CN(C(=O)c2ccccc2I)CC(CBr)O1. The molecule has 1 unspecified atom stereocenters. The van der Waals surface area contributed by atoms with Crippen LogP contribution < -0.4 is 0 Å². The third kappa shape index (κ3) is 3.70. The monoisotopic (exact) mass is 437 g/mol. The lowest BCUT2D eigenvalue weighted by Crippen LogP contribution is -2.55. The summed E-state index contributed by atoms with van der Waals surface area (Å²) in [5.74, 6) is 0.0901. The van der Waals surface area contributed by atoms with Gasteiger partial charge in [0.05, 0.1) is 17.3 Å². The lowest BCUT2D eigenvalue weighted by molar-refractivity contribution is -0.116. The van der Waals surface area contributed by atoms with E-state index >= 15 is 0 Å². The van der Waals surface area contributed by atoms with Crippen LogP contribution in [0, 0.1) is 3.57 Å². The first-order chi connectivity index (χ1) is 8.93. The molecular weight excluding hydrogens is 421 g/mol. The molecule has 19 heavy (non-hydrogen) atoms. The molecule has 0 saturated carbocycles. The molecule has 3 nitrogen and oxygen atoms in total. The number of amides is 1. The van der Waals surface area contributed by atoms with Crippen LogP contribution in [0.5, 0.6) is 0 Å². The summed E-state index contributed by atoms with van der Waals surface area (Å²) in [6.45, 7) is 5.31. The molecule has 0 aromatic heterocycles. The van der Waals surface area contributed by atoms with Gasteiger partial charge >= 0.3 is 0 Å². The van der Waals surface area contributed by atoms with Crippen LogP contribution in [0.25, 0.3) is 0 Å². The quantitative estimate of drug-likeness (QED) is 0.524. The molecule has 2 rings (SSSR count). The van der Waals surface area contributed by atoms with E-state index in [4.69, 9.17) is 4.74 Å². The van der Waals surface area contributed by atoms with E-state index in [0.717, 1.165) is 14.5 Å². The number of nitrogens with zero attached hydrogens (tertiary/aromatic N) is 1. The Morgan fingerprint density at radius 3 is 2.84 bits per heavy atom. The Kier molecular flexibility index (Phi) is 4.89. The van der Waals surface area contributed by atoms with Crippen LogP contribution in [-0.4, -0.2) is 40.9 Å². The smallest absolute Gasteiger partial charge is 0.255 e. The lowest BCUT2D eigenvalue weighted by atomic mass is 10.0. The van der Waals surface area contributed by atoms with Crippen LogP contribution in [-0.2, 0) is 4.74 Å². The summed E-state index contributed by atoms with van der Waals surface area (Å²) in [7, 11) is 0. The molecule has 1 aliphatic rings. The van der Waals surface area contributed by atoms with Crippen LogP contribution in [0.15, 0.2) is 24.3 Å². The van der Waals surface area contributed by atoms with Gasteiger partial charge in [0, 0.05) is 22.0 Å². The first kappa shape index (κ1) is 15.3. The summed E-state index contributed by atoms with van der Waals surface area (Å²) in [6, 6.07) is 7.70. The van der Waals surface area contributed by atoms with Crippen molar-refractivity contribution < 1.29 is 9.53 Å². The highest BCUT2D eigenvalue weighted by Gasteiger charge is 2.35. The molecule has 0 N–H and O–H groups in total. The van der Waals surface area contributed by atoms with Crippen LogP contribution in [0.1, 0.15) is 24.2 Å². The zero-order chi connectivity index (χ0) is 14.0. The number of ether oxygens (including phenoxy) is 1. The van der Waals surface area contributed by atoms with E-state index in [1.165, 1.54) is 0 Å². The Morgan fingerprint density at radius 2 is 2.21 bits per heavy atom. The number of hydrogen-bond acceptors (Lipinski definition) is 2. The van der Waals surface area contributed by atoms with Crippen molar-refractivity contribution in [2.45, 2.75) is 25.6 Å². The molecule has 1 aromatic carbocycles. The summed E-state index contributed by atoms with van der Waals surface area (Å²) < 4.78 is 6.92. The Morgan fingerprint density at radius 1 is 1.53 bits per heavy atom. The van der Waals surface area contributed by atoms with Gasteiger partial charge in [-0.2, -0.15) is 0 Å². The molecule has 1 fully saturated rings. The van der Waals surface area contributed by atoms with Crippen molar-refractivity contribution in [1.29, 1.82) is 0 Å². The van der Waals surface area contributed by atoms with Crippen molar-refractivity contribution in [2.24, 2.45) is 0 Å². The number of carbonyl (C=O) groups excluding carboxylic acids is 1. The summed E-state index contributed by atoms with van der Waals surface area (Å²) in [5, 5.41) is 0.742. The molecule has 0 aliphatic carbocycles. The molecule has 1 heterocycles. The van der Waals surface area contributed by atoms with E-state index in [1.54, 1.807) is 0 Å². The normalized spacial score (nSPS) is 22.3. The molecule has 0 spiro atoms. The standard InChI is InChI=1S/C14H17BrINO2/c1-14(2)9-17(8-10(7-15)19-14)13(18)11-5-3-4-6-12(11)16/h3-6,10H,7-9H2,1-2H3. The fourth-order valence-electron chi connectivity index (χ4n) is 2.34. The topological polar surface area (TPSA) is 29.5 Å². The number of hydrogen-bond donors (Lipinski definition) is 0. The number of carbonyl (C=O) groups is 1. The molecule has 1 aromatic rings. The molecular formula is C14H17BrINO2. The molecule has 0 radical (unpaired) electrons. The largest absolute Gasteiger partial charge is 0.368 e. The zero-order valence-electron chi connectivity index (χ0n) is 11.0. The molecule has 1 saturated heterocycles. The first-order valence-corrected chi connectivity index (χ1v) is 8.40. The molecule has 1 atom stereocenters. The van der Waals surface area contributed by atoms with E-state index in [1.807, 2.05) is 43.0 Å². The third-order valence-corrected chi connectivity index (χ3v) is 4.71. The van der Waals surface area contributed by atoms with Crippen LogP contribution in [0.4, 0.5) is 0 Å². The third-order valence-electron chi connectivity index (χ3n) is 3.04. The minimum atomic E-state index is -0.299. The average Bonchev–Trinajstić information content (AvgIpc) is 2.36. The maximum Gasteiger partial charge on any atom is 0.255 e. The molecule has 1 aliphatic heterocycles. The van der Waals surface area contributed by atoms with E-state index in [9.17, 15) is 4.79 Å². The Balaban J connectivity index is 2.21. The van der Waals surface area contributed by atoms with Crippen molar-refractivity contribution in [3.63, 3.8) is 0 Å². The predicted octanol–water partition coefficient (Wildman–Crippen LogP) is 3.31. The van der Waals surface area contributed by atoms with Gasteiger partial charge in [-0.1, -0.05) is 28.1 Å². The highest BCUT2D eigenvalue weighted by Crippen LogP contribution is 2.24. The zero-order valence-corrected chi connectivity index (χ0v) is 14.8. The van der Waals surface area contributed by atoms with Gasteiger partial charge in [-0.3, -0.25) is 4.79 Å². The van der Waals surface area contributed by atoms with E-state index in [-0.39, 0.29) is 17.6 Å².